The first-order chi connectivity index (χ1) is 11.5. The number of H-pyrrole nitrogens is 1. The summed E-state index contributed by atoms with van der Waals surface area (Å²) >= 11 is 0. The van der Waals surface area contributed by atoms with Crippen LogP contribution in [0.3, 0.4) is 0 Å². The number of anilines is 1. The van der Waals surface area contributed by atoms with E-state index in [1.54, 1.807) is 0 Å². The van der Waals surface area contributed by atoms with Gasteiger partial charge in [-0.25, -0.2) is 4.98 Å². The van der Waals surface area contributed by atoms with Gasteiger partial charge in [0.25, 0.3) is 0 Å². The number of aromatic amines is 1. The fourth-order valence-electron chi connectivity index (χ4n) is 2.48. The summed E-state index contributed by atoms with van der Waals surface area (Å²) in [5, 5.41) is 2.79. The number of imidazole rings is 1. The van der Waals surface area contributed by atoms with Crippen LogP contribution in [-0.4, -0.2) is 21.7 Å². The summed E-state index contributed by atoms with van der Waals surface area (Å²) < 4.78 is 0. The number of rotatable bonds is 5. The number of carbonyl (C=O) groups is 2. The average Bonchev–Trinajstić information content (AvgIpc) is 2.96. The van der Waals surface area contributed by atoms with Crippen LogP contribution in [0.5, 0.6) is 0 Å². The molecule has 122 valence electrons. The first-order valence-corrected chi connectivity index (χ1v) is 7.87. The van der Waals surface area contributed by atoms with E-state index in [4.69, 9.17) is 0 Å². The van der Waals surface area contributed by atoms with E-state index in [9.17, 15) is 9.59 Å². The lowest BCUT2D eigenvalue weighted by Crippen LogP contribution is -2.12. The number of benzene rings is 2. The minimum absolute atomic E-state index is 0.0145. The molecule has 0 spiro atoms. The zero-order valence-corrected chi connectivity index (χ0v) is 13.7. The van der Waals surface area contributed by atoms with Gasteiger partial charge in [-0.3, -0.25) is 4.79 Å². The Morgan fingerprint density at radius 3 is 2.54 bits per heavy atom. The predicted molar refractivity (Wildman–Crippen MR) is 94.8 cm³/mol. The molecule has 0 radical (unpaired) electrons. The maximum Gasteiger partial charge on any atom is 0.224 e. The van der Waals surface area contributed by atoms with Crippen LogP contribution in [0, 0.1) is 6.92 Å². The zero-order chi connectivity index (χ0) is 17.1. The molecule has 5 heteroatoms. The number of ketones is 1. The van der Waals surface area contributed by atoms with E-state index in [0.717, 1.165) is 22.4 Å². The number of hydrogen-bond donors (Lipinski definition) is 2. The number of Topliss-reactive ketones (excluding diaryl/α,β-unsaturated/α-hetero) is 1. The highest BCUT2D eigenvalue weighted by Gasteiger charge is 2.07. The monoisotopic (exact) mass is 321 g/mol. The maximum absolute atomic E-state index is 11.7. The van der Waals surface area contributed by atoms with Gasteiger partial charge in [-0.2, -0.15) is 0 Å². The number of aromatic nitrogens is 2. The zero-order valence-electron chi connectivity index (χ0n) is 13.7. The van der Waals surface area contributed by atoms with Gasteiger partial charge < -0.3 is 15.1 Å². The normalized spacial score (nSPS) is 10.8. The Hall–Kier alpha value is -2.95. The molecule has 3 aromatic rings. The van der Waals surface area contributed by atoms with Crippen LogP contribution in [0.2, 0.25) is 0 Å². The number of amides is 1. The number of carbonyl (C=O) groups excluding carboxylic acids is 2. The standard InChI is InChI=1S/C19H19N3O2/c1-12-3-9-16-17(11-12)22-19(21-16)14-5-7-15(8-6-14)20-18(24)10-4-13(2)23/h3,5-9,11H,4,10H2,1-2H3,(H,20,24)(H,21,22). The largest absolute Gasteiger partial charge is 0.338 e. The van der Waals surface area contributed by atoms with Crippen molar-refractivity contribution in [3.8, 4) is 11.4 Å². The first kappa shape index (κ1) is 15.9. The second-order valence-electron chi connectivity index (χ2n) is 5.93. The van der Waals surface area contributed by atoms with Crippen LogP contribution in [0.25, 0.3) is 22.4 Å². The van der Waals surface area contributed by atoms with Crippen molar-refractivity contribution >= 4 is 28.4 Å². The molecule has 0 aliphatic carbocycles. The van der Waals surface area contributed by atoms with Crippen LogP contribution in [0.15, 0.2) is 42.5 Å². The van der Waals surface area contributed by atoms with E-state index in [1.165, 1.54) is 12.5 Å². The van der Waals surface area contributed by atoms with Crippen molar-refractivity contribution < 1.29 is 9.59 Å². The van der Waals surface area contributed by atoms with Gasteiger partial charge in [-0.15, -0.1) is 0 Å². The molecule has 0 aliphatic rings. The summed E-state index contributed by atoms with van der Waals surface area (Å²) in [6.07, 6.45) is 0.475. The van der Waals surface area contributed by atoms with E-state index in [2.05, 4.69) is 15.3 Å². The molecule has 1 heterocycles. The molecule has 1 amide bonds. The molecule has 0 aliphatic heterocycles. The Kier molecular flexibility index (Phi) is 4.42. The highest BCUT2D eigenvalue weighted by atomic mass is 16.2. The minimum Gasteiger partial charge on any atom is -0.338 e. The fourth-order valence-corrected chi connectivity index (χ4v) is 2.48. The summed E-state index contributed by atoms with van der Waals surface area (Å²) in [5.74, 6) is 0.655. The Morgan fingerprint density at radius 1 is 1.08 bits per heavy atom. The third kappa shape index (κ3) is 3.68. The van der Waals surface area contributed by atoms with Gasteiger partial charge >= 0.3 is 0 Å². The van der Waals surface area contributed by atoms with Crippen LogP contribution in [-0.2, 0) is 9.59 Å². The van der Waals surface area contributed by atoms with Crippen LogP contribution in [0.1, 0.15) is 25.3 Å². The molecule has 0 atom stereocenters. The molecule has 0 unspecified atom stereocenters. The summed E-state index contributed by atoms with van der Waals surface area (Å²) in [4.78, 5) is 30.5. The van der Waals surface area contributed by atoms with Crippen molar-refractivity contribution in [2.24, 2.45) is 0 Å². The smallest absolute Gasteiger partial charge is 0.224 e. The SMILES string of the molecule is CC(=O)CCC(=O)Nc1ccc(-c2nc3cc(C)ccc3[nH]2)cc1. The summed E-state index contributed by atoms with van der Waals surface area (Å²) in [6.45, 7) is 3.52. The average molecular weight is 321 g/mol. The number of nitrogens with one attached hydrogen (secondary N) is 2. The molecule has 0 fully saturated rings. The Bertz CT molecular complexity index is 895. The highest BCUT2D eigenvalue weighted by molar-refractivity contribution is 5.93. The topological polar surface area (TPSA) is 74.8 Å². The Balaban J connectivity index is 1.73. The minimum atomic E-state index is -0.155. The van der Waals surface area contributed by atoms with Crippen LogP contribution in [0.4, 0.5) is 5.69 Å². The first-order valence-electron chi connectivity index (χ1n) is 7.87. The lowest BCUT2D eigenvalue weighted by molar-refractivity contribution is -0.121. The number of nitrogens with zero attached hydrogens (tertiary/aromatic N) is 1. The molecule has 0 saturated heterocycles. The summed E-state index contributed by atoms with van der Waals surface area (Å²) in [6, 6.07) is 13.6. The lowest BCUT2D eigenvalue weighted by atomic mass is 10.2. The van der Waals surface area contributed by atoms with Crippen molar-refractivity contribution in [3.05, 3.63) is 48.0 Å². The van der Waals surface area contributed by atoms with E-state index in [-0.39, 0.29) is 24.5 Å². The predicted octanol–water partition coefficient (Wildman–Crippen LogP) is 3.85. The summed E-state index contributed by atoms with van der Waals surface area (Å²) in [5.41, 5.74) is 4.76. The maximum atomic E-state index is 11.7. The number of fused-ring (bicyclic) bond motifs is 1. The molecule has 0 bridgehead atoms. The number of aryl methyl sites for hydroxylation is 1. The van der Waals surface area contributed by atoms with E-state index in [0.29, 0.717) is 5.69 Å². The molecule has 1 aromatic heterocycles. The second kappa shape index (κ2) is 6.66. The second-order valence-corrected chi connectivity index (χ2v) is 5.93. The molecule has 24 heavy (non-hydrogen) atoms. The van der Waals surface area contributed by atoms with Gasteiger partial charge in [-0.1, -0.05) is 6.07 Å². The van der Waals surface area contributed by atoms with Gasteiger partial charge in [0.05, 0.1) is 11.0 Å². The number of hydrogen-bond acceptors (Lipinski definition) is 3. The molecule has 2 aromatic carbocycles. The molecule has 2 N–H and O–H groups in total. The van der Waals surface area contributed by atoms with Gasteiger partial charge in [0.15, 0.2) is 0 Å². The van der Waals surface area contributed by atoms with E-state index >= 15 is 0 Å². The molecular formula is C19H19N3O2. The van der Waals surface area contributed by atoms with Crippen molar-refractivity contribution in [2.75, 3.05) is 5.32 Å². The van der Waals surface area contributed by atoms with Crippen LogP contribution >= 0.6 is 0 Å². The van der Waals surface area contributed by atoms with E-state index in [1.807, 2.05) is 49.4 Å². The van der Waals surface area contributed by atoms with Crippen molar-refractivity contribution in [1.82, 2.24) is 9.97 Å². The molecular weight excluding hydrogens is 302 g/mol. The lowest BCUT2D eigenvalue weighted by Gasteiger charge is -2.05. The Labute approximate surface area is 140 Å². The van der Waals surface area contributed by atoms with Crippen molar-refractivity contribution in [1.29, 1.82) is 0 Å². The van der Waals surface area contributed by atoms with Crippen LogP contribution < -0.4 is 5.32 Å². The molecule has 5 nitrogen and oxygen atoms in total. The van der Waals surface area contributed by atoms with Crippen molar-refractivity contribution in [2.45, 2.75) is 26.7 Å². The quantitative estimate of drug-likeness (QED) is 0.749. The van der Waals surface area contributed by atoms with Gasteiger partial charge in [0, 0.05) is 24.1 Å². The fraction of sp³-hybridized carbons (Fsp3) is 0.211. The third-order valence-electron chi connectivity index (χ3n) is 3.78. The Morgan fingerprint density at radius 2 is 1.83 bits per heavy atom. The van der Waals surface area contributed by atoms with Gasteiger partial charge in [0.2, 0.25) is 5.91 Å². The van der Waals surface area contributed by atoms with Crippen molar-refractivity contribution in [3.63, 3.8) is 0 Å². The third-order valence-corrected chi connectivity index (χ3v) is 3.78. The molecule has 0 saturated carbocycles. The molecule has 3 rings (SSSR count). The van der Waals surface area contributed by atoms with E-state index < -0.39 is 0 Å². The van der Waals surface area contributed by atoms with Gasteiger partial charge in [-0.05, 0) is 55.8 Å². The van der Waals surface area contributed by atoms with Gasteiger partial charge in [0.1, 0.15) is 11.6 Å². The highest BCUT2D eigenvalue weighted by Crippen LogP contribution is 2.22. The summed E-state index contributed by atoms with van der Waals surface area (Å²) in [7, 11) is 0.